The maximum Gasteiger partial charge on any atom is 0.269 e. The van der Waals surface area contributed by atoms with Gasteiger partial charge in [0, 0.05) is 24.3 Å². The van der Waals surface area contributed by atoms with Crippen molar-refractivity contribution in [3.05, 3.63) is 79.3 Å². The SMILES string of the molecule is C=C(NOCCCCOc1c(Cl)cc(OCC=C(Cl)Cl)cc1Cl)c1ccc([N+](=O)[O-])cc1. The summed E-state index contributed by atoms with van der Waals surface area (Å²) in [5.74, 6) is 0.836. The molecule has 0 aliphatic rings. The van der Waals surface area contributed by atoms with Crippen LogP contribution in [0.2, 0.25) is 10.0 Å². The first-order valence-corrected chi connectivity index (χ1v) is 10.9. The summed E-state index contributed by atoms with van der Waals surface area (Å²) in [6.45, 7) is 4.81. The lowest BCUT2D eigenvalue weighted by Gasteiger charge is -2.13. The molecule has 32 heavy (non-hydrogen) atoms. The van der Waals surface area contributed by atoms with Crippen molar-refractivity contribution in [1.29, 1.82) is 0 Å². The molecule has 0 amide bonds. The first-order chi connectivity index (χ1) is 15.3. The minimum Gasteiger partial charge on any atom is -0.490 e. The van der Waals surface area contributed by atoms with Crippen molar-refractivity contribution in [2.75, 3.05) is 19.8 Å². The van der Waals surface area contributed by atoms with E-state index in [1.807, 2.05) is 0 Å². The summed E-state index contributed by atoms with van der Waals surface area (Å²) in [6.07, 6.45) is 2.88. The minimum atomic E-state index is -0.460. The van der Waals surface area contributed by atoms with Crippen LogP contribution in [0.25, 0.3) is 5.70 Å². The van der Waals surface area contributed by atoms with E-state index in [1.165, 1.54) is 18.2 Å². The Bertz CT molecular complexity index is 940. The number of nitro groups is 1. The predicted octanol–water partition coefficient (Wildman–Crippen LogP) is 6.95. The molecule has 0 atom stereocenters. The van der Waals surface area contributed by atoms with Gasteiger partial charge in [-0.15, -0.1) is 0 Å². The van der Waals surface area contributed by atoms with Gasteiger partial charge in [-0.05, 0) is 36.6 Å². The van der Waals surface area contributed by atoms with E-state index in [4.69, 9.17) is 60.7 Å². The quantitative estimate of drug-likeness (QED) is 0.174. The molecule has 0 unspecified atom stereocenters. The number of rotatable bonds is 13. The second kappa shape index (κ2) is 13.4. The number of halogens is 4. The molecule has 7 nitrogen and oxygen atoms in total. The Kier molecular flexibility index (Phi) is 10.9. The fraction of sp³-hybridized carbons (Fsp3) is 0.238. The van der Waals surface area contributed by atoms with Gasteiger partial charge in [0.05, 0.1) is 33.9 Å². The molecule has 0 radical (unpaired) electrons. The molecule has 0 aromatic heterocycles. The standard InChI is InChI=1S/C21H20Cl4N2O5/c1-14(15-4-6-16(7-5-15)27(28)29)26-32-10-3-2-9-31-21-18(22)12-17(13-19(21)23)30-11-8-20(24)25/h4-8,12-13,26H,1-3,9-11H2. The van der Waals surface area contributed by atoms with Crippen molar-refractivity contribution in [2.24, 2.45) is 0 Å². The molecule has 0 heterocycles. The van der Waals surface area contributed by atoms with E-state index >= 15 is 0 Å². The summed E-state index contributed by atoms with van der Waals surface area (Å²) in [4.78, 5) is 15.6. The zero-order valence-corrected chi connectivity index (χ0v) is 19.8. The first-order valence-electron chi connectivity index (χ1n) is 9.35. The van der Waals surface area contributed by atoms with Crippen molar-refractivity contribution >= 4 is 57.8 Å². The zero-order chi connectivity index (χ0) is 23.5. The van der Waals surface area contributed by atoms with E-state index in [0.717, 1.165) is 0 Å². The highest BCUT2D eigenvalue weighted by Gasteiger charge is 2.11. The molecule has 2 aromatic rings. The third-order valence-corrected chi connectivity index (χ3v) is 4.84. The maximum absolute atomic E-state index is 10.7. The molecule has 0 aliphatic heterocycles. The predicted molar refractivity (Wildman–Crippen MR) is 128 cm³/mol. The normalized spacial score (nSPS) is 10.4. The molecular weight excluding hydrogens is 502 g/mol. The summed E-state index contributed by atoms with van der Waals surface area (Å²) in [5.41, 5.74) is 3.93. The second-order valence-electron chi connectivity index (χ2n) is 6.31. The largest absolute Gasteiger partial charge is 0.490 e. The average Bonchev–Trinajstić information content (AvgIpc) is 2.74. The van der Waals surface area contributed by atoms with Gasteiger partial charge in [-0.2, -0.15) is 0 Å². The van der Waals surface area contributed by atoms with Gasteiger partial charge < -0.3 is 9.47 Å². The lowest BCUT2D eigenvalue weighted by atomic mass is 10.2. The van der Waals surface area contributed by atoms with E-state index < -0.39 is 4.92 Å². The van der Waals surface area contributed by atoms with Crippen molar-refractivity contribution in [3.63, 3.8) is 0 Å². The van der Waals surface area contributed by atoms with Crippen LogP contribution in [-0.2, 0) is 4.84 Å². The van der Waals surface area contributed by atoms with Crippen LogP contribution in [0.3, 0.4) is 0 Å². The Balaban J connectivity index is 1.67. The topological polar surface area (TPSA) is 82.9 Å². The van der Waals surface area contributed by atoms with E-state index in [2.05, 4.69) is 12.1 Å². The number of ether oxygens (including phenoxy) is 2. The van der Waals surface area contributed by atoms with E-state index in [9.17, 15) is 10.1 Å². The van der Waals surface area contributed by atoms with Gasteiger partial charge in [-0.1, -0.05) is 53.0 Å². The van der Waals surface area contributed by atoms with Crippen LogP contribution in [0.1, 0.15) is 18.4 Å². The molecule has 0 aliphatic carbocycles. The molecule has 172 valence electrons. The number of hydrogen-bond acceptors (Lipinski definition) is 6. The van der Waals surface area contributed by atoms with Crippen LogP contribution in [0.5, 0.6) is 11.5 Å². The Morgan fingerprint density at radius 1 is 1.06 bits per heavy atom. The fourth-order valence-corrected chi connectivity index (χ4v) is 3.09. The third kappa shape index (κ3) is 8.76. The number of non-ortho nitro benzene ring substituents is 1. The molecule has 0 saturated heterocycles. The van der Waals surface area contributed by atoms with Crippen LogP contribution in [0.15, 0.2) is 53.5 Å². The second-order valence-corrected chi connectivity index (χ2v) is 8.13. The average molecular weight is 522 g/mol. The molecule has 0 saturated carbocycles. The summed E-state index contributed by atoms with van der Waals surface area (Å²) in [5, 5.41) is 11.3. The lowest BCUT2D eigenvalue weighted by Crippen LogP contribution is -2.14. The van der Waals surface area contributed by atoms with Crippen LogP contribution in [0.4, 0.5) is 5.69 Å². The monoisotopic (exact) mass is 520 g/mol. The molecule has 0 bridgehead atoms. The Morgan fingerprint density at radius 2 is 1.69 bits per heavy atom. The zero-order valence-electron chi connectivity index (χ0n) is 16.8. The molecule has 1 N–H and O–H groups in total. The maximum atomic E-state index is 10.7. The summed E-state index contributed by atoms with van der Waals surface area (Å²) in [6, 6.07) is 9.18. The number of nitro benzene ring substituents is 1. The van der Waals surface area contributed by atoms with Gasteiger partial charge in [0.1, 0.15) is 16.8 Å². The third-order valence-electron chi connectivity index (χ3n) is 3.97. The number of benzene rings is 2. The van der Waals surface area contributed by atoms with Gasteiger partial charge >= 0.3 is 0 Å². The van der Waals surface area contributed by atoms with Crippen LogP contribution < -0.4 is 15.0 Å². The van der Waals surface area contributed by atoms with Crippen molar-refractivity contribution in [3.8, 4) is 11.5 Å². The van der Waals surface area contributed by atoms with Crippen molar-refractivity contribution in [1.82, 2.24) is 5.48 Å². The highest BCUT2D eigenvalue weighted by atomic mass is 35.5. The Labute approximate surface area is 205 Å². The van der Waals surface area contributed by atoms with Gasteiger partial charge in [-0.3, -0.25) is 20.4 Å². The molecule has 0 fully saturated rings. The van der Waals surface area contributed by atoms with Crippen LogP contribution >= 0.6 is 46.4 Å². The van der Waals surface area contributed by atoms with Crippen molar-refractivity contribution in [2.45, 2.75) is 12.8 Å². The number of hydroxylamine groups is 1. The number of nitrogens with zero attached hydrogens (tertiary/aromatic N) is 1. The fourth-order valence-electron chi connectivity index (χ4n) is 2.39. The molecule has 2 aromatic carbocycles. The minimum absolute atomic E-state index is 0.0123. The smallest absolute Gasteiger partial charge is 0.269 e. The molecule has 0 spiro atoms. The van der Waals surface area contributed by atoms with E-state index in [1.54, 1.807) is 24.3 Å². The van der Waals surface area contributed by atoms with E-state index in [-0.39, 0.29) is 16.8 Å². The van der Waals surface area contributed by atoms with Gasteiger partial charge in [0.25, 0.3) is 5.69 Å². The van der Waals surface area contributed by atoms with Crippen molar-refractivity contribution < 1.29 is 19.2 Å². The van der Waals surface area contributed by atoms with Gasteiger partial charge in [-0.25, -0.2) is 0 Å². The summed E-state index contributed by atoms with van der Waals surface area (Å²) < 4.78 is 11.2. The molecule has 2 rings (SSSR count). The first kappa shape index (κ1) is 26.1. The van der Waals surface area contributed by atoms with Gasteiger partial charge in [0.2, 0.25) is 0 Å². The molecule has 11 heteroatoms. The highest BCUT2D eigenvalue weighted by Crippen LogP contribution is 2.37. The highest BCUT2D eigenvalue weighted by molar-refractivity contribution is 6.55. The van der Waals surface area contributed by atoms with Gasteiger partial charge in [0.15, 0.2) is 5.75 Å². The Hall–Kier alpha value is -2.16. The number of unbranched alkanes of at least 4 members (excludes halogenated alkanes) is 1. The Morgan fingerprint density at radius 3 is 2.28 bits per heavy atom. The van der Waals surface area contributed by atoms with E-state index in [0.29, 0.717) is 58.9 Å². The molecular formula is C21H20Cl4N2O5. The summed E-state index contributed by atoms with van der Waals surface area (Å²) in [7, 11) is 0. The lowest BCUT2D eigenvalue weighted by molar-refractivity contribution is -0.384. The number of hydrogen-bond donors (Lipinski definition) is 1. The summed E-state index contributed by atoms with van der Waals surface area (Å²) >= 11 is 23.5. The van der Waals surface area contributed by atoms with Crippen LogP contribution in [0, 0.1) is 10.1 Å². The number of nitrogens with one attached hydrogen (secondary N) is 1. The van der Waals surface area contributed by atoms with Crippen LogP contribution in [-0.4, -0.2) is 24.7 Å².